The fourth-order valence-corrected chi connectivity index (χ4v) is 6.22. The quantitative estimate of drug-likeness (QED) is 0.592. The van der Waals surface area contributed by atoms with Crippen molar-refractivity contribution in [3.8, 4) is 11.3 Å². The first-order valence-corrected chi connectivity index (χ1v) is 13.5. The summed E-state index contributed by atoms with van der Waals surface area (Å²) in [7, 11) is -1.32. The Labute approximate surface area is 198 Å². The maximum atomic E-state index is 13.2. The van der Waals surface area contributed by atoms with Crippen molar-refractivity contribution in [1.82, 2.24) is 24.3 Å². The van der Waals surface area contributed by atoms with Crippen LogP contribution in [0.2, 0.25) is 0 Å². The molecule has 2 aliphatic heterocycles. The number of aromatic nitrogens is 2. The average molecular weight is 473 g/mol. The second-order valence-electron chi connectivity index (χ2n) is 9.17. The number of nitrogens with one attached hydrogen (secondary N) is 1. The van der Waals surface area contributed by atoms with Crippen molar-refractivity contribution in [3.05, 3.63) is 35.9 Å². The normalized spacial score (nSPS) is 19.0. The number of benzene rings is 1. The summed E-state index contributed by atoms with van der Waals surface area (Å²) in [4.78, 5) is 5.24. The zero-order valence-corrected chi connectivity index (χ0v) is 20.6. The molecule has 0 unspecified atom stereocenters. The van der Waals surface area contributed by atoms with E-state index in [1.54, 1.807) is 10.4 Å². The predicted molar refractivity (Wildman–Crippen MR) is 132 cm³/mol. The Kier molecular flexibility index (Phi) is 7.95. The van der Waals surface area contributed by atoms with E-state index < -0.39 is 10.0 Å². The number of nitrogens with zero attached hydrogens (tertiary/aromatic N) is 5. The van der Waals surface area contributed by atoms with E-state index in [2.05, 4.69) is 32.4 Å². The van der Waals surface area contributed by atoms with Gasteiger partial charge in [0.05, 0.1) is 10.6 Å². The molecule has 0 spiro atoms. The highest BCUT2D eigenvalue weighted by atomic mass is 32.2. The maximum absolute atomic E-state index is 13.2. The molecule has 2 aliphatic rings. The Morgan fingerprint density at radius 2 is 1.70 bits per heavy atom. The molecule has 0 saturated carbocycles. The number of sulfonamides is 1. The van der Waals surface area contributed by atoms with E-state index in [0.717, 1.165) is 81.9 Å². The number of hydrogen-bond acceptors (Lipinski definition) is 7. The van der Waals surface area contributed by atoms with Crippen LogP contribution in [0.15, 0.2) is 35.2 Å². The second kappa shape index (κ2) is 10.9. The lowest BCUT2D eigenvalue weighted by Gasteiger charge is -2.32. The monoisotopic (exact) mass is 472 g/mol. The first-order chi connectivity index (χ1) is 15.9. The first kappa shape index (κ1) is 24.1. The van der Waals surface area contributed by atoms with Crippen molar-refractivity contribution in [3.63, 3.8) is 0 Å². The molecule has 9 heteroatoms. The van der Waals surface area contributed by atoms with Gasteiger partial charge in [-0.05, 0) is 63.5 Å². The molecule has 0 atom stereocenters. The smallest absolute Gasteiger partial charge is 0.243 e. The van der Waals surface area contributed by atoms with Crippen molar-refractivity contribution in [2.75, 3.05) is 64.7 Å². The molecule has 4 rings (SSSR count). The molecule has 3 heterocycles. The second-order valence-corrected chi connectivity index (χ2v) is 11.1. The molecule has 1 aromatic carbocycles. The van der Waals surface area contributed by atoms with Gasteiger partial charge in [0.15, 0.2) is 0 Å². The largest absolute Gasteiger partial charge is 0.369 e. The standard InChI is InChI=1S/C24H36N6O2S/c1-20-7-8-21(19-23(20)33(31,32)30-13-4-3-5-14-30)22-9-10-24(27-26-22)25-11-6-12-29-17-15-28(2)16-18-29/h7-10,19H,3-6,11-18H2,1-2H3,(H,25,27). The van der Waals surface area contributed by atoms with Crippen molar-refractivity contribution >= 4 is 15.8 Å². The summed E-state index contributed by atoms with van der Waals surface area (Å²) >= 11 is 0. The lowest BCUT2D eigenvalue weighted by Crippen LogP contribution is -2.44. The Bertz CT molecular complexity index is 1010. The lowest BCUT2D eigenvalue weighted by atomic mass is 10.1. The molecule has 33 heavy (non-hydrogen) atoms. The van der Waals surface area contributed by atoms with E-state index in [4.69, 9.17) is 0 Å². The summed E-state index contributed by atoms with van der Waals surface area (Å²) in [6, 6.07) is 9.33. The first-order valence-electron chi connectivity index (χ1n) is 12.0. The van der Waals surface area contributed by atoms with Crippen LogP contribution in [0.1, 0.15) is 31.2 Å². The molecule has 0 amide bonds. The summed E-state index contributed by atoms with van der Waals surface area (Å²) in [6.45, 7) is 9.53. The zero-order valence-electron chi connectivity index (χ0n) is 19.8. The van der Waals surface area contributed by atoms with Gasteiger partial charge in [-0.1, -0.05) is 18.6 Å². The van der Waals surface area contributed by atoms with Gasteiger partial charge in [-0.25, -0.2) is 8.42 Å². The Balaban J connectivity index is 1.36. The van der Waals surface area contributed by atoms with E-state index >= 15 is 0 Å². The van der Waals surface area contributed by atoms with Crippen LogP contribution in [0.3, 0.4) is 0 Å². The number of hydrogen-bond donors (Lipinski definition) is 1. The van der Waals surface area contributed by atoms with Gasteiger partial charge in [0.1, 0.15) is 5.82 Å². The van der Waals surface area contributed by atoms with Crippen LogP contribution < -0.4 is 5.32 Å². The van der Waals surface area contributed by atoms with Gasteiger partial charge in [-0.3, -0.25) is 0 Å². The molecular formula is C24H36N6O2S. The number of rotatable bonds is 8. The number of anilines is 1. The Morgan fingerprint density at radius 3 is 2.39 bits per heavy atom. The van der Waals surface area contributed by atoms with E-state index in [0.29, 0.717) is 23.7 Å². The minimum atomic E-state index is -3.49. The van der Waals surface area contributed by atoms with Crippen LogP contribution in [0, 0.1) is 6.92 Å². The number of likely N-dealkylation sites (N-methyl/N-ethyl adjacent to an activating group) is 1. The van der Waals surface area contributed by atoms with Crippen LogP contribution in [-0.4, -0.2) is 92.1 Å². The summed E-state index contributed by atoms with van der Waals surface area (Å²) in [5.74, 6) is 0.741. The van der Waals surface area contributed by atoms with Crippen molar-refractivity contribution < 1.29 is 8.42 Å². The molecule has 1 N–H and O–H groups in total. The molecule has 0 radical (unpaired) electrons. The highest BCUT2D eigenvalue weighted by Gasteiger charge is 2.27. The number of piperazine rings is 1. The van der Waals surface area contributed by atoms with Crippen LogP contribution in [-0.2, 0) is 10.0 Å². The van der Waals surface area contributed by atoms with Gasteiger partial charge in [-0.15, -0.1) is 10.2 Å². The fourth-order valence-electron chi connectivity index (χ4n) is 4.45. The molecule has 0 bridgehead atoms. The molecule has 2 saturated heterocycles. The van der Waals surface area contributed by atoms with Crippen molar-refractivity contribution in [2.24, 2.45) is 0 Å². The number of piperidine rings is 1. The Morgan fingerprint density at radius 1 is 0.939 bits per heavy atom. The number of aryl methyl sites for hydroxylation is 1. The molecular weight excluding hydrogens is 436 g/mol. The molecule has 0 aliphatic carbocycles. The maximum Gasteiger partial charge on any atom is 0.243 e. The van der Waals surface area contributed by atoms with Gasteiger partial charge in [-0.2, -0.15) is 4.31 Å². The Hall–Kier alpha value is -2.07. The highest BCUT2D eigenvalue weighted by Crippen LogP contribution is 2.28. The van der Waals surface area contributed by atoms with E-state index in [-0.39, 0.29) is 0 Å². The fraction of sp³-hybridized carbons (Fsp3) is 0.583. The van der Waals surface area contributed by atoms with Crippen LogP contribution in [0.25, 0.3) is 11.3 Å². The van der Waals surface area contributed by atoms with Crippen molar-refractivity contribution in [2.45, 2.75) is 37.5 Å². The minimum absolute atomic E-state index is 0.370. The molecule has 8 nitrogen and oxygen atoms in total. The van der Waals surface area contributed by atoms with Crippen LogP contribution in [0.5, 0.6) is 0 Å². The molecule has 1 aromatic heterocycles. The summed E-state index contributed by atoms with van der Waals surface area (Å²) in [5.41, 5.74) is 2.20. The summed E-state index contributed by atoms with van der Waals surface area (Å²) < 4.78 is 28.0. The van der Waals surface area contributed by atoms with Gasteiger partial charge in [0, 0.05) is 51.4 Å². The van der Waals surface area contributed by atoms with E-state index in [1.807, 2.05) is 31.2 Å². The van der Waals surface area contributed by atoms with Crippen molar-refractivity contribution in [1.29, 1.82) is 0 Å². The summed E-state index contributed by atoms with van der Waals surface area (Å²) in [5, 5.41) is 12.0. The van der Waals surface area contributed by atoms with E-state index in [9.17, 15) is 8.42 Å². The average Bonchev–Trinajstić information content (AvgIpc) is 2.84. The SMILES string of the molecule is Cc1ccc(-c2ccc(NCCCN3CCN(C)CC3)nn2)cc1S(=O)(=O)N1CCCCC1. The third-order valence-corrected chi connectivity index (χ3v) is 8.68. The topological polar surface area (TPSA) is 81.7 Å². The summed E-state index contributed by atoms with van der Waals surface area (Å²) in [6.07, 6.45) is 4.00. The van der Waals surface area contributed by atoms with Gasteiger partial charge < -0.3 is 15.1 Å². The third kappa shape index (κ3) is 6.09. The minimum Gasteiger partial charge on any atom is -0.369 e. The van der Waals surface area contributed by atoms with Gasteiger partial charge in [0.2, 0.25) is 10.0 Å². The van der Waals surface area contributed by atoms with E-state index in [1.165, 1.54) is 0 Å². The third-order valence-electron chi connectivity index (χ3n) is 6.63. The van der Waals surface area contributed by atoms with Crippen LogP contribution >= 0.6 is 0 Å². The molecule has 180 valence electrons. The lowest BCUT2D eigenvalue weighted by molar-refractivity contribution is 0.154. The van der Waals surface area contributed by atoms with Crippen LogP contribution in [0.4, 0.5) is 5.82 Å². The van der Waals surface area contributed by atoms with Gasteiger partial charge in [0.25, 0.3) is 0 Å². The molecule has 2 fully saturated rings. The predicted octanol–water partition coefficient (Wildman–Crippen LogP) is 2.68. The zero-order chi connectivity index (χ0) is 23.3. The van der Waals surface area contributed by atoms with Gasteiger partial charge >= 0.3 is 0 Å². The highest BCUT2D eigenvalue weighted by molar-refractivity contribution is 7.89. The molecule has 2 aromatic rings.